The van der Waals surface area contributed by atoms with E-state index in [0.29, 0.717) is 11.3 Å². The zero-order valence-corrected chi connectivity index (χ0v) is 11.7. The van der Waals surface area contributed by atoms with Crippen molar-refractivity contribution in [2.45, 2.75) is 48.0 Å². The van der Waals surface area contributed by atoms with Crippen molar-refractivity contribution in [3.8, 4) is 0 Å². The van der Waals surface area contributed by atoms with E-state index in [4.69, 9.17) is 0 Å². The first kappa shape index (κ1) is 13.3. The van der Waals surface area contributed by atoms with Gasteiger partial charge in [0.25, 0.3) is 0 Å². The first-order chi connectivity index (χ1) is 7.16. The van der Waals surface area contributed by atoms with Crippen LogP contribution in [0.15, 0.2) is 36.0 Å². The molecule has 0 aromatic heterocycles. The summed E-state index contributed by atoms with van der Waals surface area (Å²) in [5.41, 5.74) is 3.56. The summed E-state index contributed by atoms with van der Waals surface area (Å²) in [6.07, 6.45) is 7.87. The lowest BCUT2D eigenvalue weighted by molar-refractivity contribution is 0.329. The summed E-state index contributed by atoms with van der Waals surface area (Å²) in [5.74, 6) is 0.569. The molecule has 0 heteroatoms. The summed E-state index contributed by atoms with van der Waals surface area (Å²) in [7, 11) is 0. The van der Waals surface area contributed by atoms with E-state index in [-0.39, 0.29) is 5.41 Å². The molecule has 0 saturated heterocycles. The maximum Gasteiger partial charge on any atom is 0.00377 e. The molecule has 0 fully saturated rings. The average molecular weight is 218 g/mol. The molecule has 0 N–H and O–H groups in total. The normalized spacial score (nSPS) is 21.8. The highest BCUT2D eigenvalue weighted by molar-refractivity contribution is 5.40. The summed E-state index contributed by atoms with van der Waals surface area (Å²) in [6, 6.07) is 0. The van der Waals surface area contributed by atoms with Gasteiger partial charge in [0.2, 0.25) is 0 Å². The summed E-state index contributed by atoms with van der Waals surface area (Å²) < 4.78 is 0. The van der Waals surface area contributed by atoms with Crippen LogP contribution in [-0.2, 0) is 0 Å². The van der Waals surface area contributed by atoms with Crippen LogP contribution >= 0.6 is 0 Å². The highest BCUT2D eigenvalue weighted by Gasteiger charge is 2.32. The van der Waals surface area contributed by atoms with E-state index in [9.17, 15) is 0 Å². The molecule has 1 unspecified atom stereocenters. The molecule has 0 aliphatic heterocycles. The molecule has 16 heavy (non-hydrogen) atoms. The third-order valence-electron chi connectivity index (χ3n) is 3.27. The topological polar surface area (TPSA) is 0 Å². The Morgan fingerprint density at radius 1 is 1.19 bits per heavy atom. The Labute approximate surface area is 101 Å². The molecular weight excluding hydrogens is 192 g/mol. The van der Waals surface area contributed by atoms with Crippen molar-refractivity contribution >= 4 is 0 Å². The van der Waals surface area contributed by atoms with Crippen molar-refractivity contribution < 1.29 is 0 Å². The molecule has 0 aromatic carbocycles. The van der Waals surface area contributed by atoms with Crippen molar-refractivity contribution in [1.29, 1.82) is 0 Å². The number of hydrogen-bond donors (Lipinski definition) is 0. The SMILES string of the molecule is C=CCC1=CC(C(C)(C)C)=CC1C(C)(C)C. The molecule has 1 aliphatic rings. The van der Waals surface area contributed by atoms with E-state index in [1.54, 1.807) is 0 Å². The number of allylic oxidation sites excluding steroid dienone is 5. The molecular formula is C16H26. The Bertz CT molecular complexity index is 326. The highest BCUT2D eigenvalue weighted by Crippen LogP contribution is 2.44. The number of hydrogen-bond acceptors (Lipinski definition) is 0. The van der Waals surface area contributed by atoms with Gasteiger partial charge in [0.15, 0.2) is 0 Å². The summed E-state index contributed by atoms with van der Waals surface area (Å²) in [6.45, 7) is 17.7. The van der Waals surface area contributed by atoms with Crippen LogP contribution in [0.25, 0.3) is 0 Å². The second kappa shape index (κ2) is 4.24. The van der Waals surface area contributed by atoms with Crippen molar-refractivity contribution in [1.82, 2.24) is 0 Å². The molecule has 0 nitrogen and oxygen atoms in total. The molecule has 90 valence electrons. The Hall–Kier alpha value is -0.780. The van der Waals surface area contributed by atoms with Crippen LogP contribution in [0.1, 0.15) is 48.0 Å². The van der Waals surface area contributed by atoms with E-state index >= 15 is 0 Å². The lowest BCUT2D eigenvalue weighted by Crippen LogP contribution is -2.19. The third-order valence-corrected chi connectivity index (χ3v) is 3.27. The smallest absolute Gasteiger partial charge is 0.00377 e. The molecule has 1 rings (SSSR count). The molecule has 1 aliphatic carbocycles. The van der Waals surface area contributed by atoms with E-state index in [2.05, 4.69) is 60.3 Å². The fraction of sp³-hybridized carbons (Fsp3) is 0.625. The van der Waals surface area contributed by atoms with Crippen LogP contribution in [0, 0.1) is 16.7 Å². The molecule has 0 spiro atoms. The Kier molecular flexibility index (Phi) is 3.52. The largest absolute Gasteiger partial charge is 0.103 e. The van der Waals surface area contributed by atoms with Gasteiger partial charge in [0.05, 0.1) is 0 Å². The third kappa shape index (κ3) is 2.87. The van der Waals surface area contributed by atoms with Gasteiger partial charge >= 0.3 is 0 Å². The molecule has 0 saturated carbocycles. The lowest BCUT2D eigenvalue weighted by Gasteiger charge is -2.28. The molecule has 0 heterocycles. The second-order valence-electron chi connectivity index (χ2n) is 6.93. The van der Waals surface area contributed by atoms with E-state index in [1.807, 2.05) is 6.08 Å². The average Bonchev–Trinajstić information content (AvgIpc) is 2.46. The Morgan fingerprint density at radius 3 is 2.12 bits per heavy atom. The second-order valence-corrected chi connectivity index (χ2v) is 6.93. The Balaban J connectivity index is 3.06. The van der Waals surface area contributed by atoms with Crippen LogP contribution < -0.4 is 0 Å². The van der Waals surface area contributed by atoms with Gasteiger partial charge in [-0.05, 0) is 22.8 Å². The predicted octanol–water partition coefficient (Wildman–Crippen LogP) is 5.14. The maximum atomic E-state index is 3.86. The van der Waals surface area contributed by atoms with Crippen LogP contribution in [0.4, 0.5) is 0 Å². The van der Waals surface area contributed by atoms with Crippen molar-refractivity contribution in [2.24, 2.45) is 16.7 Å². The molecule has 0 aromatic rings. The Morgan fingerprint density at radius 2 is 1.75 bits per heavy atom. The zero-order valence-electron chi connectivity index (χ0n) is 11.7. The van der Waals surface area contributed by atoms with E-state index in [1.165, 1.54) is 11.1 Å². The standard InChI is InChI=1S/C16H26/c1-8-9-12-10-13(15(2,3)4)11-14(12)16(5,6)7/h8,10-11,14H,1,9H2,2-7H3. The van der Waals surface area contributed by atoms with E-state index < -0.39 is 0 Å². The fourth-order valence-corrected chi connectivity index (χ4v) is 2.25. The van der Waals surface area contributed by atoms with Crippen LogP contribution in [0.3, 0.4) is 0 Å². The minimum atomic E-state index is 0.256. The highest BCUT2D eigenvalue weighted by atomic mass is 14.4. The lowest BCUT2D eigenvalue weighted by atomic mass is 9.76. The van der Waals surface area contributed by atoms with Crippen molar-refractivity contribution in [3.05, 3.63) is 36.0 Å². The van der Waals surface area contributed by atoms with Crippen molar-refractivity contribution in [2.75, 3.05) is 0 Å². The summed E-state index contributed by atoms with van der Waals surface area (Å²) in [5, 5.41) is 0. The maximum absolute atomic E-state index is 3.86. The quantitative estimate of drug-likeness (QED) is 0.563. The van der Waals surface area contributed by atoms with Crippen LogP contribution in [-0.4, -0.2) is 0 Å². The molecule has 0 radical (unpaired) electrons. The number of rotatable bonds is 2. The van der Waals surface area contributed by atoms with Gasteiger partial charge in [0.1, 0.15) is 0 Å². The fourth-order valence-electron chi connectivity index (χ4n) is 2.25. The minimum Gasteiger partial charge on any atom is -0.103 e. The van der Waals surface area contributed by atoms with Crippen LogP contribution in [0.2, 0.25) is 0 Å². The van der Waals surface area contributed by atoms with Crippen molar-refractivity contribution in [3.63, 3.8) is 0 Å². The minimum absolute atomic E-state index is 0.256. The van der Waals surface area contributed by atoms with Gasteiger partial charge in [-0.25, -0.2) is 0 Å². The van der Waals surface area contributed by atoms with Crippen LogP contribution in [0.5, 0.6) is 0 Å². The molecule has 0 amide bonds. The first-order valence-corrected chi connectivity index (χ1v) is 6.20. The van der Waals surface area contributed by atoms with E-state index in [0.717, 1.165) is 6.42 Å². The predicted molar refractivity (Wildman–Crippen MR) is 73.4 cm³/mol. The summed E-state index contributed by atoms with van der Waals surface area (Å²) >= 11 is 0. The summed E-state index contributed by atoms with van der Waals surface area (Å²) in [4.78, 5) is 0. The monoisotopic (exact) mass is 218 g/mol. The molecule has 0 bridgehead atoms. The molecule has 1 atom stereocenters. The van der Waals surface area contributed by atoms with Gasteiger partial charge in [-0.1, -0.05) is 65.3 Å². The van der Waals surface area contributed by atoms with Gasteiger partial charge in [0, 0.05) is 5.92 Å². The van der Waals surface area contributed by atoms with Gasteiger partial charge in [-0.2, -0.15) is 0 Å². The van der Waals surface area contributed by atoms with Gasteiger partial charge in [-0.15, -0.1) is 6.58 Å². The van der Waals surface area contributed by atoms with Gasteiger partial charge < -0.3 is 0 Å². The first-order valence-electron chi connectivity index (χ1n) is 6.20. The zero-order chi connectivity index (χ0) is 12.6. The van der Waals surface area contributed by atoms with Gasteiger partial charge in [-0.3, -0.25) is 0 Å².